The summed E-state index contributed by atoms with van der Waals surface area (Å²) in [6.45, 7) is 0. The minimum Gasteiger partial charge on any atom is -0.494 e. The van der Waals surface area contributed by atoms with Crippen molar-refractivity contribution in [3.8, 4) is 11.8 Å². The summed E-state index contributed by atoms with van der Waals surface area (Å²) in [5, 5.41) is 11.8. The van der Waals surface area contributed by atoms with Gasteiger partial charge in [0, 0.05) is 23.6 Å². The topological polar surface area (TPSA) is 57.9 Å². The standard InChI is InChI=1S/C13H10FN3O/c1-18-13-7-9(2-3-12(13)14)17-10-4-5-16-11(6-10)8-15/h2-7H,1H3,(H,16,17). The molecule has 0 fully saturated rings. The Bertz CT molecular complexity index is 607. The Balaban J connectivity index is 2.26. The van der Waals surface area contributed by atoms with Gasteiger partial charge in [0.2, 0.25) is 0 Å². The lowest BCUT2D eigenvalue weighted by Gasteiger charge is -2.08. The smallest absolute Gasteiger partial charge is 0.165 e. The summed E-state index contributed by atoms with van der Waals surface area (Å²) < 4.78 is 18.1. The van der Waals surface area contributed by atoms with Crippen LogP contribution in [0.25, 0.3) is 0 Å². The van der Waals surface area contributed by atoms with E-state index in [2.05, 4.69) is 10.3 Å². The number of benzene rings is 1. The summed E-state index contributed by atoms with van der Waals surface area (Å²) >= 11 is 0. The van der Waals surface area contributed by atoms with Crippen LogP contribution in [0, 0.1) is 17.1 Å². The molecule has 18 heavy (non-hydrogen) atoms. The SMILES string of the molecule is COc1cc(Nc2ccnc(C#N)c2)ccc1F. The van der Waals surface area contributed by atoms with Crippen molar-refractivity contribution in [3.63, 3.8) is 0 Å². The number of hydrogen-bond donors (Lipinski definition) is 1. The number of anilines is 2. The normalized spacial score (nSPS) is 9.61. The van der Waals surface area contributed by atoms with E-state index in [9.17, 15) is 4.39 Å². The van der Waals surface area contributed by atoms with Gasteiger partial charge < -0.3 is 10.1 Å². The second-order valence-electron chi connectivity index (χ2n) is 3.52. The first-order valence-corrected chi connectivity index (χ1v) is 5.19. The van der Waals surface area contributed by atoms with Gasteiger partial charge in [-0.05, 0) is 24.3 Å². The average Bonchev–Trinajstić information content (AvgIpc) is 2.41. The van der Waals surface area contributed by atoms with Gasteiger partial charge in [-0.3, -0.25) is 0 Å². The number of halogens is 1. The van der Waals surface area contributed by atoms with E-state index in [1.807, 2.05) is 6.07 Å². The largest absolute Gasteiger partial charge is 0.494 e. The molecule has 0 aliphatic heterocycles. The third-order valence-electron chi connectivity index (χ3n) is 2.31. The van der Waals surface area contributed by atoms with Gasteiger partial charge in [-0.15, -0.1) is 0 Å². The number of nitriles is 1. The first kappa shape index (κ1) is 11.9. The summed E-state index contributed by atoms with van der Waals surface area (Å²) in [5.74, 6) is -0.259. The van der Waals surface area contributed by atoms with Crippen molar-refractivity contribution < 1.29 is 9.13 Å². The fraction of sp³-hybridized carbons (Fsp3) is 0.0769. The maximum atomic E-state index is 13.2. The highest BCUT2D eigenvalue weighted by atomic mass is 19.1. The number of pyridine rings is 1. The van der Waals surface area contributed by atoms with Crippen LogP contribution in [0.5, 0.6) is 5.75 Å². The van der Waals surface area contributed by atoms with Crippen molar-refractivity contribution in [2.24, 2.45) is 0 Å². The quantitative estimate of drug-likeness (QED) is 0.900. The molecular weight excluding hydrogens is 233 g/mol. The molecule has 0 atom stereocenters. The maximum absolute atomic E-state index is 13.2. The predicted molar refractivity (Wildman–Crippen MR) is 65.2 cm³/mol. The van der Waals surface area contributed by atoms with Crippen LogP contribution in [0.15, 0.2) is 36.5 Å². The Morgan fingerprint density at radius 3 is 2.78 bits per heavy atom. The number of rotatable bonds is 3. The average molecular weight is 243 g/mol. The molecule has 1 aromatic heterocycles. The molecule has 1 heterocycles. The zero-order valence-electron chi connectivity index (χ0n) is 9.64. The number of nitrogens with zero attached hydrogens (tertiary/aromatic N) is 2. The third-order valence-corrected chi connectivity index (χ3v) is 2.31. The maximum Gasteiger partial charge on any atom is 0.165 e. The van der Waals surface area contributed by atoms with Gasteiger partial charge in [0.05, 0.1) is 7.11 Å². The number of nitrogens with one attached hydrogen (secondary N) is 1. The van der Waals surface area contributed by atoms with Crippen molar-refractivity contribution in [1.29, 1.82) is 5.26 Å². The van der Waals surface area contributed by atoms with E-state index in [1.54, 1.807) is 24.3 Å². The van der Waals surface area contributed by atoms with Gasteiger partial charge in [-0.1, -0.05) is 0 Å². The Labute approximate surface area is 104 Å². The molecule has 1 aromatic carbocycles. The van der Waals surface area contributed by atoms with Gasteiger partial charge in [0.25, 0.3) is 0 Å². The zero-order valence-corrected chi connectivity index (χ0v) is 9.64. The molecule has 1 N–H and O–H groups in total. The van der Waals surface area contributed by atoms with Gasteiger partial charge in [0.1, 0.15) is 11.8 Å². The number of methoxy groups -OCH3 is 1. The number of aromatic nitrogens is 1. The lowest BCUT2D eigenvalue weighted by molar-refractivity contribution is 0.387. The van der Waals surface area contributed by atoms with Gasteiger partial charge in [-0.25, -0.2) is 9.37 Å². The molecule has 0 spiro atoms. The molecule has 2 aromatic rings. The highest BCUT2D eigenvalue weighted by Crippen LogP contribution is 2.24. The Morgan fingerprint density at radius 1 is 1.28 bits per heavy atom. The van der Waals surface area contributed by atoms with E-state index >= 15 is 0 Å². The molecule has 0 aliphatic carbocycles. The van der Waals surface area contributed by atoms with Crippen LogP contribution in [-0.2, 0) is 0 Å². The summed E-state index contributed by atoms with van der Waals surface area (Å²) in [6.07, 6.45) is 1.53. The molecule has 90 valence electrons. The molecule has 0 radical (unpaired) electrons. The molecule has 0 saturated carbocycles. The summed E-state index contributed by atoms with van der Waals surface area (Å²) in [5.41, 5.74) is 1.69. The third kappa shape index (κ3) is 2.55. The van der Waals surface area contributed by atoms with Crippen molar-refractivity contribution in [1.82, 2.24) is 4.98 Å². The van der Waals surface area contributed by atoms with Crippen molar-refractivity contribution in [2.45, 2.75) is 0 Å². The predicted octanol–water partition coefficient (Wildman–Crippen LogP) is 2.84. The first-order valence-electron chi connectivity index (χ1n) is 5.19. The van der Waals surface area contributed by atoms with Crippen molar-refractivity contribution >= 4 is 11.4 Å². The molecular formula is C13H10FN3O. The van der Waals surface area contributed by atoms with E-state index in [4.69, 9.17) is 10.00 Å². The molecule has 0 unspecified atom stereocenters. The summed E-state index contributed by atoms with van der Waals surface area (Å²) in [6, 6.07) is 9.72. The highest BCUT2D eigenvalue weighted by Gasteiger charge is 2.04. The van der Waals surface area contributed by atoms with Crippen LogP contribution >= 0.6 is 0 Å². The van der Waals surface area contributed by atoms with Gasteiger partial charge >= 0.3 is 0 Å². The summed E-state index contributed by atoms with van der Waals surface area (Å²) in [4.78, 5) is 3.86. The molecule has 4 nitrogen and oxygen atoms in total. The monoisotopic (exact) mass is 243 g/mol. The van der Waals surface area contributed by atoms with Crippen LogP contribution in [0.4, 0.5) is 15.8 Å². The minimum absolute atomic E-state index is 0.162. The number of ether oxygens (including phenoxy) is 1. The first-order chi connectivity index (χ1) is 8.72. The van der Waals surface area contributed by atoms with Gasteiger partial charge in [0.15, 0.2) is 11.6 Å². The van der Waals surface area contributed by atoms with E-state index in [-0.39, 0.29) is 5.75 Å². The second kappa shape index (κ2) is 5.15. The van der Waals surface area contributed by atoms with E-state index in [0.29, 0.717) is 17.1 Å². The lowest BCUT2D eigenvalue weighted by atomic mass is 10.2. The van der Waals surface area contributed by atoms with E-state index in [1.165, 1.54) is 19.4 Å². The van der Waals surface area contributed by atoms with Crippen LogP contribution in [0.2, 0.25) is 0 Å². The zero-order chi connectivity index (χ0) is 13.0. The lowest BCUT2D eigenvalue weighted by Crippen LogP contribution is -1.94. The van der Waals surface area contributed by atoms with Crippen LogP contribution in [-0.4, -0.2) is 12.1 Å². The van der Waals surface area contributed by atoms with Crippen molar-refractivity contribution in [3.05, 3.63) is 48.0 Å². The second-order valence-corrected chi connectivity index (χ2v) is 3.52. The molecule has 0 saturated heterocycles. The summed E-state index contributed by atoms with van der Waals surface area (Å²) in [7, 11) is 1.41. The van der Waals surface area contributed by atoms with Gasteiger partial charge in [-0.2, -0.15) is 5.26 Å². The van der Waals surface area contributed by atoms with Crippen LogP contribution < -0.4 is 10.1 Å². The Hall–Kier alpha value is -2.61. The van der Waals surface area contributed by atoms with E-state index in [0.717, 1.165) is 0 Å². The molecule has 2 rings (SSSR count). The van der Waals surface area contributed by atoms with Crippen LogP contribution in [0.3, 0.4) is 0 Å². The fourth-order valence-corrected chi connectivity index (χ4v) is 1.47. The molecule has 5 heteroatoms. The van der Waals surface area contributed by atoms with Crippen LogP contribution in [0.1, 0.15) is 5.69 Å². The highest BCUT2D eigenvalue weighted by molar-refractivity contribution is 5.61. The Kier molecular flexibility index (Phi) is 3.39. The Morgan fingerprint density at radius 2 is 2.06 bits per heavy atom. The molecule has 0 amide bonds. The van der Waals surface area contributed by atoms with Crippen molar-refractivity contribution in [2.75, 3.05) is 12.4 Å². The number of hydrogen-bond acceptors (Lipinski definition) is 4. The van der Waals surface area contributed by atoms with E-state index < -0.39 is 5.82 Å². The minimum atomic E-state index is -0.421. The molecule has 0 aliphatic rings. The fourth-order valence-electron chi connectivity index (χ4n) is 1.47. The molecule has 0 bridgehead atoms.